The van der Waals surface area contributed by atoms with Crippen molar-refractivity contribution in [1.82, 2.24) is 5.32 Å². The van der Waals surface area contributed by atoms with E-state index >= 15 is 0 Å². The van der Waals surface area contributed by atoms with Crippen LogP contribution in [0.4, 0.5) is 0 Å². The van der Waals surface area contributed by atoms with Gasteiger partial charge < -0.3 is 5.32 Å². The van der Waals surface area contributed by atoms with Crippen molar-refractivity contribution in [3.8, 4) is 0 Å². The van der Waals surface area contributed by atoms with Gasteiger partial charge in [-0.15, -0.1) is 0 Å². The van der Waals surface area contributed by atoms with Gasteiger partial charge in [0, 0.05) is 17.6 Å². The van der Waals surface area contributed by atoms with Gasteiger partial charge in [-0.3, -0.25) is 0 Å². The molecule has 1 rings (SSSR count). The van der Waals surface area contributed by atoms with Gasteiger partial charge in [-0.2, -0.15) is 0 Å². The van der Waals surface area contributed by atoms with Gasteiger partial charge in [0.2, 0.25) is 0 Å². The average molecular weight is 198 g/mol. The molecule has 0 unspecified atom stereocenters. The molecule has 0 aliphatic rings. The lowest BCUT2D eigenvalue weighted by Gasteiger charge is -2.10. The van der Waals surface area contributed by atoms with E-state index in [1.165, 1.54) is 5.56 Å². The zero-order valence-electron chi connectivity index (χ0n) is 8.39. The van der Waals surface area contributed by atoms with Crippen molar-refractivity contribution in [1.29, 1.82) is 0 Å². The van der Waals surface area contributed by atoms with Crippen LogP contribution in [0.15, 0.2) is 18.2 Å². The Hall–Kier alpha value is -0.530. The zero-order chi connectivity index (χ0) is 9.84. The molecule has 0 aliphatic heterocycles. The Bertz CT molecular complexity index is 281. The van der Waals surface area contributed by atoms with Crippen molar-refractivity contribution in [2.75, 3.05) is 0 Å². The molecule has 1 N–H and O–H groups in total. The van der Waals surface area contributed by atoms with E-state index in [2.05, 4.69) is 25.2 Å². The van der Waals surface area contributed by atoms with Crippen LogP contribution in [-0.2, 0) is 6.54 Å². The summed E-state index contributed by atoms with van der Waals surface area (Å²) >= 11 is 6.14. The molecule has 0 fully saturated rings. The van der Waals surface area contributed by atoms with Gasteiger partial charge in [0.05, 0.1) is 0 Å². The van der Waals surface area contributed by atoms with Gasteiger partial charge in [0.1, 0.15) is 0 Å². The van der Waals surface area contributed by atoms with Crippen LogP contribution in [0.3, 0.4) is 0 Å². The van der Waals surface area contributed by atoms with Crippen molar-refractivity contribution in [3.05, 3.63) is 34.3 Å². The van der Waals surface area contributed by atoms with Crippen LogP contribution in [0.1, 0.15) is 25.0 Å². The lowest BCUT2D eigenvalue weighted by molar-refractivity contribution is 0.589. The maximum absolute atomic E-state index is 6.14. The molecule has 72 valence electrons. The Kier molecular flexibility index (Phi) is 3.76. The predicted molar refractivity (Wildman–Crippen MR) is 58.2 cm³/mol. The smallest absolute Gasteiger partial charge is 0.0480 e. The molecule has 0 heterocycles. The molecule has 0 atom stereocenters. The second kappa shape index (κ2) is 4.64. The van der Waals surface area contributed by atoms with Gasteiger partial charge >= 0.3 is 0 Å². The third kappa shape index (κ3) is 3.02. The highest BCUT2D eigenvalue weighted by atomic mass is 35.5. The predicted octanol–water partition coefficient (Wildman–Crippen LogP) is 3.15. The quantitative estimate of drug-likeness (QED) is 0.785. The van der Waals surface area contributed by atoms with E-state index in [0.717, 1.165) is 17.1 Å². The van der Waals surface area contributed by atoms with Crippen molar-refractivity contribution < 1.29 is 0 Å². The van der Waals surface area contributed by atoms with E-state index < -0.39 is 0 Å². The third-order valence-corrected chi connectivity index (χ3v) is 2.51. The number of halogens is 1. The molecule has 0 amide bonds. The second-order valence-electron chi connectivity index (χ2n) is 3.58. The number of benzene rings is 1. The fourth-order valence-corrected chi connectivity index (χ4v) is 1.35. The molecule has 0 spiro atoms. The molecule has 0 saturated heterocycles. The van der Waals surface area contributed by atoms with Crippen LogP contribution in [-0.4, -0.2) is 6.04 Å². The Morgan fingerprint density at radius 2 is 2.08 bits per heavy atom. The second-order valence-corrected chi connectivity index (χ2v) is 3.96. The average Bonchev–Trinajstić information content (AvgIpc) is 2.07. The van der Waals surface area contributed by atoms with Crippen LogP contribution in [0.2, 0.25) is 5.02 Å². The molecule has 0 radical (unpaired) electrons. The van der Waals surface area contributed by atoms with E-state index in [0.29, 0.717) is 6.04 Å². The Morgan fingerprint density at radius 3 is 2.69 bits per heavy atom. The van der Waals surface area contributed by atoms with Crippen molar-refractivity contribution in [2.45, 2.75) is 33.4 Å². The fourth-order valence-electron chi connectivity index (χ4n) is 1.16. The first-order chi connectivity index (χ1) is 6.11. The first-order valence-corrected chi connectivity index (χ1v) is 4.96. The van der Waals surface area contributed by atoms with Crippen LogP contribution in [0, 0.1) is 6.92 Å². The summed E-state index contributed by atoms with van der Waals surface area (Å²) in [6.45, 7) is 7.13. The van der Waals surface area contributed by atoms with Gasteiger partial charge in [-0.25, -0.2) is 0 Å². The summed E-state index contributed by atoms with van der Waals surface area (Å²) in [4.78, 5) is 0. The first-order valence-electron chi connectivity index (χ1n) is 4.58. The number of aryl methyl sites for hydroxylation is 1. The summed E-state index contributed by atoms with van der Waals surface area (Å²) in [7, 11) is 0. The lowest BCUT2D eigenvalue weighted by atomic mass is 10.1. The minimum atomic E-state index is 0.497. The summed E-state index contributed by atoms with van der Waals surface area (Å²) in [6.07, 6.45) is 0. The molecular formula is C11H16ClN. The number of rotatable bonds is 3. The molecular weight excluding hydrogens is 182 g/mol. The standard InChI is InChI=1S/C11H16ClN/c1-8(2)13-7-10-6-4-5-9(3)11(10)12/h4-6,8,13H,7H2,1-3H3. The van der Waals surface area contributed by atoms with E-state index in [4.69, 9.17) is 11.6 Å². The van der Waals surface area contributed by atoms with Crippen LogP contribution >= 0.6 is 11.6 Å². The summed E-state index contributed by atoms with van der Waals surface area (Å²) in [5.74, 6) is 0. The van der Waals surface area contributed by atoms with E-state index in [1.54, 1.807) is 0 Å². The number of nitrogens with one attached hydrogen (secondary N) is 1. The number of hydrogen-bond donors (Lipinski definition) is 1. The Labute approximate surface area is 85.1 Å². The molecule has 0 bridgehead atoms. The SMILES string of the molecule is Cc1cccc(CNC(C)C)c1Cl. The summed E-state index contributed by atoms with van der Waals surface area (Å²) in [5.41, 5.74) is 2.32. The molecule has 0 saturated carbocycles. The summed E-state index contributed by atoms with van der Waals surface area (Å²) in [5, 5.41) is 4.23. The Balaban J connectivity index is 2.71. The highest BCUT2D eigenvalue weighted by Crippen LogP contribution is 2.19. The van der Waals surface area contributed by atoms with E-state index in [-0.39, 0.29) is 0 Å². The molecule has 2 heteroatoms. The first kappa shape index (κ1) is 10.6. The third-order valence-electron chi connectivity index (χ3n) is 1.97. The maximum atomic E-state index is 6.14. The summed E-state index contributed by atoms with van der Waals surface area (Å²) in [6, 6.07) is 6.63. The zero-order valence-corrected chi connectivity index (χ0v) is 9.15. The van der Waals surface area contributed by atoms with Crippen LogP contribution in [0.5, 0.6) is 0 Å². The van der Waals surface area contributed by atoms with Crippen molar-refractivity contribution in [2.24, 2.45) is 0 Å². The molecule has 1 aromatic rings. The topological polar surface area (TPSA) is 12.0 Å². The van der Waals surface area contributed by atoms with Gasteiger partial charge in [0.25, 0.3) is 0 Å². The van der Waals surface area contributed by atoms with E-state index in [1.807, 2.05) is 19.1 Å². The van der Waals surface area contributed by atoms with Gasteiger partial charge in [-0.05, 0) is 18.1 Å². The molecule has 1 aromatic carbocycles. The van der Waals surface area contributed by atoms with Gasteiger partial charge in [-0.1, -0.05) is 43.6 Å². The molecule has 13 heavy (non-hydrogen) atoms. The van der Waals surface area contributed by atoms with Crippen molar-refractivity contribution in [3.63, 3.8) is 0 Å². The number of hydrogen-bond acceptors (Lipinski definition) is 1. The maximum Gasteiger partial charge on any atom is 0.0480 e. The molecule has 0 aliphatic carbocycles. The van der Waals surface area contributed by atoms with Crippen molar-refractivity contribution >= 4 is 11.6 Å². The largest absolute Gasteiger partial charge is 0.310 e. The normalized spacial score (nSPS) is 10.8. The minimum absolute atomic E-state index is 0.497. The monoisotopic (exact) mass is 197 g/mol. The fraction of sp³-hybridized carbons (Fsp3) is 0.455. The van der Waals surface area contributed by atoms with E-state index in [9.17, 15) is 0 Å². The molecule has 1 nitrogen and oxygen atoms in total. The summed E-state index contributed by atoms with van der Waals surface area (Å²) < 4.78 is 0. The highest BCUT2D eigenvalue weighted by Gasteiger charge is 2.02. The van der Waals surface area contributed by atoms with Gasteiger partial charge in [0.15, 0.2) is 0 Å². The lowest BCUT2D eigenvalue weighted by Crippen LogP contribution is -2.22. The molecule has 0 aromatic heterocycles. The van der Waals surface area contributed by atoms with Crippen LogP contribution < -0.4 is 5.32 Å². The minimum Gasteiger partial charge on any atom is -0.310 e. The van der Waals surface area contributed by atoms with Crippen LogP contribution in [0.25, 0.3) is 0 Å². The Morgan fingerprint density at radius 1 is 1.38 bits per heavy atom. The highest BCUT2D eigenvalue weighted by molar-refractivity contribution is 6.32.